The van der Waals surface area contributed by atoms with Crippen LogP contribution in [0, 0.1) is 0 Å². The van der Waals surface area contributed by atoms with Crippen molar-refractivity contribution in [2.75, 3.05) is 13.1 Å². The van der Waals surface area contributed by atoms with Gasteiger partial charge in [-0.15, -0.1) is 17.0 Å². The first-order valence-electron chi connectivity index (χ1n) is 4.86. The smallest absolute Gasteiger partial charge is 0.119 e. The van der Waals surface area contributed by atoms with Crippen LogP contribution < -0.4 is 5.32 Å². The maximum atomic E-state index is 9.64. The van der Waals surface area contributed by atoms with Gasteiger partial charge in [-0.3, -0.25) is 0 Å². The second-order valence-electron chi connectivity index (χ2n) is 3.58. The molecule has 0 atom stereocenters. The lowest BCUT2D eigenvalue weighted by Crippen LogP contribution is -2.26. The average Bonchev–Trinajstić information content (AvgIpc) is 2.20. The van der Waals surface area contributed by atoms with Crippen molar-refractivity contribution < 1.29 is 5.11 Å². The minimum absolute atomic E-state index is 0. The number of para-hydroxylation sites is 1. The molecule has 14 heavy (non-hydrogen) atoms. The van der Waals surface area contributed by atoms with Gasteiger partial charge in [-0.25, -0.2) is 0 Å². The summed E-state index contributed by atoms with van der Waals surface area (Å²) in [5.41, 5.74) is 1.11. The van der Waals surface area contributed by atoms with Gasteiger partial charge in [0, 0.05) is 0 Å². The normalized spacial score (nSPS) is 17.4. The highest BCUT2D eigenvalue weighted by Crippen LogP contribution is 2.31. The van der Waals surface area contributed by atoms with Crippen LogP contribution in [-0.2, 0) is 0 Å². The number of phenolic OH excluding ortho intramolecular Hbond substituents is 1. The lowest BCUT2D eigenvalue weighted by atomic mass is 9.90. The summed E-state index contributed by atoms with van der Waals surface area (Å²) in [6.07, 6.45) is 2.27. The summed E-state index contributed by atoms with van der Waals surface area (Å²) in [6.45, 7) is 2.14. The molecule has 1 heterocycles. The topological polar surface area (TPSA) is 32.3 Å². The summed E-state index contributed by atoms with van der Waals surface area (Å²) in [7, 11) is 0. The molecule has 1 aromatic carbocycles. The molecule has 1 aliphatic rings. The molecule has 0 aliphatic carbocycles. The third kappa shape index (κ3) is 2.49. The Hall–Kier alpha value is -0.540. The fourth-order valence-electron chi connectivity index (χ4n) is 1.97. The van der Waals surface area contributed by atoms with Gasteiger partial charge in [0.25, 0.3) is 0 Å². The molecule has 0 bridgehead atoms. The number of halogens is 1. The Morgan fingerprint density at radius 2 is 1.79 bits per heavy atom. The first-order valence-corrected chi connectivity index (χ1v) is 4.86. The van der Waals surface area contributed by atoms with Gasteiger partial charge in [-0.1, -0.05) is 18.2 Å². The Bertz CT molecular complexity index is 284. The van der Waals surface area contributed by atoms with Crippen molar-refractivity contribution in [1.82, 2.24) is 5.32 Å². The molecule has 0 amide bonds. The highest BCUT2D eigenvalue weighted by molar-refractivity contribution is 8.93. The minimum Gasteiger partial charge on any atom is -0.508 e. The fourth-order valence-corrected chi connectivity index (χ4v) is 1.97. The molecule has 2 nitrogen and oxygen atoms in total. The lowest BCUT2D eigenvalue weighted by Gasteiger charge is -2.23. The Balaban J connectivity index is 0.000000980. The van der Waals surface area contributed by atoms with Crippen molar-refractivity contribution in [2.45, 2.75) is 18.8 Å². The van der Waals surface area contributed by atoms with E-state index in [2.05, 4.69) is 5.32 Å². The molecule has 0 saturated carbocycles. The predicted molar refractivity (Wildman–Crippen MR) is 63.3 cm³/mol. The van der Waals surface area contributed by atoms with Crippen LogP contribution in [0.5, 0.6) is 5.75 Å². The largest absolute Gasteiger partial charge is 0.508 e. The van der Waals surface area contributed by atoms with Crippen LogP contribution in [0.25, 0.3) is 0 Å². The number of hydrogen-bond donors (Lipinski definition) is 2. The molecule has 78 valence electrons. The van der Waals surface area contributed by atoms with Crippen LogP contribution in [0.4, 0.5) is 0 Å². The van der Waals surface area contributed by atoms with E-state index in [9.17, 15) is 5.11 Å². The maximum absolute atomic E-state index is 9.64. The molecule has 3 heteroatoms. The van der Waals surface area contributed by atoms with Crippen LogP contribution in [0.15, 0.2) is 24.3 Å². The number of phenols is 1. The minimum atomic E-state index is 0. The molecular weight excluding hydrogens is 242 g/mol. The first kappa shape index (κ1) is 11.5. The molecule has 1 aliphatic heterocycles. The highest BCUT2D eigenvalue weighted by atomic mass is 79.9. The zero-order valence-electron chi connectivity index (χ0n) is 8.07. The van der Waals surface area contributed by atoms with E-state index in [-0.39, 0.29) is 17.0 Å². The summed E-state index contributed by atoms with van der Waals surface area (Å²) in [4.78, 5) is 0. The zero-order chi connectivity index (χ0) is 9.10. The van der Waals surface area contributed by atoms with Gasteiger partial charge in [-0.05, 0) is 43.5 Å². The van der Waals surface area contributed by atoms with Gasteiger partial charge in [0.15, 0.2) is 0 Å². The van der Waals surface area contributed by atoms with Crippen molar-refractivity contribution in [3.8, 4) is 5.75 Å². The van der Waals surface area contributed by atoms with Crippen LogP contribution >= 0.6 is 17.0 Å². The second-order valence-corrected chi connectivity index (χ2v) is 3.58. The molecule has 0 radical (unpaired) electrons. The van der Waals surface area contributed by atoms with E-state index in [1.165, 1.54) is 0 Å². The summed E-state index contributed by atoms with van der Waals surface area (Å²) in [5.74, 6) is 0.997. The second kappa shape index (κ2) is 5.37. The van der Waals surface area contributed by atoms with Crippen molar-refractivity contribution >= 4 is 17.0 Å². The number of hydrogen-bond acceptors (Lipinski definition) is 2. The van der Waals surface area contributed by atoms with Gasteiger partial charge in [0.2, 0.25) is 0 Å². The number of piperidine rings is 1. The molecule has 0 spiro atoms. The van der Waals surface area contributed by atoms with E-state index in [1.54, 1.807) is 6.07 Å². The Labute approximate surface area is 95.1 Å². The molecule has 1 fully saturated rings. The fraction of sp³-hybridized carbons (Fsp3) is 0.455. The molecule has 0 unspecified atom stereocenters. The molecule has 1 aromatic rings. The SMILES string of the molecule is Br.Oc1ccccc1C1CCNCC1. The van der Waals surface area contributed by atoms with Crippen LogP contribution in [0.2, 0.25) is 0 Å². The van der Waals surface area contributed by atoms with Crippen LogP contribution in [0.1, 0.15) is 24.3 Å². The average molecular weight is 258 g/mol. The summed E-state index contributed by atoms with van der Waals surface area (Å²) in [6, 6.07) is 7.68. The zero-order valence-corrected chi connectivity index (χ0v) is 9.78. The van der Waals surface area contributed by atoms with Crippen LogP contribution in [-0.4, -0.2) is 18.2 Å². The third-order valence-electron chi connectivity index (χ3n) is 2.72. The lowest BCUT2D eigenvalue weighted by molar-refractivity contribution is 0.424. The number of benzene rings is 1. The Morgan fingerprint density at radius 1 is 1.14 bits per heavy atom. The van der Waals surface area contributed by atoms with Gasteiger partial charge in [-0.2, -0.15) is 0 Å². The molecular formula is C11H16BrNO. The molecule has 0 aromatic heterocycles. The molecule has 1 saturated heterocycles. The van der Waals surface area contributed by atoms with Gasteiger partial charge in [0.1, 0.15) is 5.75 Å². The Morgan fingerprint density at radius 3 is 2.43 bits per heavy atom. The monoisotopic (exact) mass is 257 g/mol. The van der Waals surface area contributed by atoms with Crippen molar-refractivity contribution in [3.05, 3.63) is 29.8 Å². The molecule has 2 N–H and O–H groups in total. The van der Waals surface area contributed by atoms with Crippen molar-refractivity contribution in [3.63, 3.8) is 0 Å². The van der Waals surface area contributed by atoms with Gasteiger partial charge < -0.3 is 10.4 Å². The Kier molecular flexibility index (Phi) is 4.42. The first-order chi connectivity index (χ1) is 6.38. The predicted octanol–water partition coefficient (Wildman–Crippen LogP) is 2.44. The standard InChI is InChI=1S/C11H15NO.BrH/c13-11-4-2-1-3-10(11)9-5-7-12-8-6-9;/h1-4,9,12-13H,5-8H2;1H. The highest BCUT2D eigenvalue weighted by Gasteiger charge is 2.17. The van der Waals surface area contributed by atoms with Gasteiger partial charge >= 0.3 is 0 Å². The quantitative estimate of drug-likeness (QED) is 0.810. The summed E-state index contributed by atoms with van der Waals surface area (Å²) in [5, 5.41) is 13.0. The van der Waals surface area contributed by atoms with Crippen molar-refractivity contribution in [2.24, 2.45) is 0 Å². The third-order valence-corrected chi connectivity index (χ3v) is 2.72. The van der Waals surface area contributed by atoms with Gasteiger partial charge in [0.05, 0.1) is 0 Å². The van der Waals surface area contributed by atoms with E-state index in [4.69, 9.17) is 0 Å². The van der Waals surface area contributed by atoms with E-state index in [0.717, 1.165) is 31.5 Å². The number of rotatable bonds is 1. The van der Waals surface area contributed by atoms with Crippen molar-refractivity contribution in [1.29, 1.82) is 0 Å². The summed E-state index contributed by atoms with van der Waals surface area (Å²) < 4.78 is 0. The summed E-state index contributed by atoms with van der Waals surface area (Å²) >= 11 is 0. The van der Waals surface area contributed by atoms with E-state index < -0.39 is 0 Å². The van der Waals surface area contributed by atoms with E-state index >= 15 is 0 Å². The maximum Gasteiger partial charge on any atom is 0.119 e. The number of nitrogens with one attached hydrogen (secondary N) is 1. The van der Waals surface area contributed by atoms with E-state index in [0.29, 0.717) is 11.7 Å². The number of aromatic hydroxyl groups is 1. The van der Waals surface area contributed by atoms with E-state index in [1.807, 2.05) is 18.2 Å². The molecule has 2 rings (SSSR count). The van der Waals surface area contributed by atoms with Crippen LogP contribution in [0.3, 0.4) is 0 Å².